The lowest BCUT2D eigenvalue weighted by molar-refractivity contribution is -0.144. The molecule has 0 aliphatic rings. The van der Waals surface area contributed by atoms with E-state index >= 15 is 0 Å². The van der Waals surface area contributed by atoms with Crippen LogP contribution in [0.15, 0.2) is 0 Å². The maximum absolute atomic E-state index is 11.6. The van der Waals surface area contributed by atoms with E-state index in [0.717, 1.165) is 19.3 Å². The second-order valence-electron chi connectivity index (χ2n) is 4.10. The Balaban J connectivity index is 4.00. The minimum Gasteiger partial charge on any atom is -0.469 e. The van der Waals surface area contributed by atoms with E-state index in [1.807, 2.05) is 0 Å². The van der Waals surface area contributed by atoms with E-state index < -0.39 is 21.7 Å². The molecule has 0 amide bonds. The summed E-state index contributed by atoms with van der Waals surface area (Å²) in [7, 11) is -1.85. The number of esters is 1. The van der Waals surface area contributed by atoms with Crippen molar-refractivity contribution in [1.82, 2.24) is 0 Å². The molecule has 0 N–H and O–H groups in total. The number of methoxy groups -OCH3 is 1. The quantitative estimate of drug-likeness (QED) is 0.487. The number of hydrogen-bond donors (Lipinski definition) is 0. The van der Waals surface area contributed by atoms with E-state index in [4.69, 9.17) is 0 Å². The molecule has 0 fully saturated rings. The Hall–Kier alpha value is -0.580. The summed E-state index contributed by atoms with van der Waals surface area (Å²) < 4.78 is 27.7. The zero-order valence-corrected chi connectivity index (χ0v) is 11.2. The molecule has 16 heavy (non-hydrogen) atoms. The standard InChI is InChI=1S/C11H22O4S/c1-4-5-6-7-8-16(13,14)9-10(2)11(12)15-3/h10H,4-9H2,1-3H3. The number of unbranched alkanes of at least 4 members (excludes halogenated alkanes) is 3. The van der Waals surface area contributed by atoms with Crippen LogP contribution < -0.4 is 0 Å². The first kappa shape index (κ1) is 15.4. The van der Waals surface area contributed by atoms with Crippen molar-refractivity contribution in [3.8, 4) is 0 Å². The average molecular weight is 250 g/mol. The average Bonchev–Trinajstić information content (AvgIpc) is 2.22. The topological polar surface area (TPSA) is 60.4 Å². The van der Waals surface area contributed by atoms with Gasteiger partial charge in [-0.05, 0) is 6.42 Å². The highest BCUT2D eigenvalue weighted by Gasteiger charge is 2.21. The molecule has 0 aromatic carbocycles. The normalized spacial score (nSPS) is 13.4. The summed E-state index contributed by atoms with van der Waals surface area (Å²) in [6.45, 7) is 3.66. The predicted molar refractivity (Wildman–Crippen MR) is 64.0 cm³/mol. The van der Waals surface area contributed by atoms with Crippen molar-refractivity contribution < 1.29 is 17.9 Å². The van der Waals surface area contributed by atoms with Gasteiger partial charge >= 0.3 is 5.97 Å². The van der Waals surface area contributed by atoms with Crippen LogP contribution in [-0.2, 0) is 19.4 Å². The molecule has 0 heterocycles. The molecule has 0 aliphatic carbocycles. The lowest BCUT2D eigenvalue weighted by Gasteiger charge is -2.09. The van der Waals surface area contributed by atoms with Crippen LogP contribution in [0.1, 0.15) is 39.5 Å². The van der Waals surface area contributed by atoms with Crippen molar-refractivity contribution in [3.63, 3.8) is 0 Å². The van der Waals surface area contributed by atoms with E-state index in [2.05, 4.69) is 11.7 Å². The minimum atomic E-state index is -3.12. The van der Waals surface area contributed by atoms with Crippen molar-refractivity contribution in [3.05, 3.63) is 0 Å². The highest BCUT2D eigenvalue weighted by Crippen LogP contribution is 2.08. The number of rotatable bonds is 8. The SMILES string of the molecule is CCCCCCS(=O)(=O)CC(C)C(=O)OC. The molecule has 1 atom stereocenters. The Labute approximate surface area is 98.3 Å². The van der Waals surface area contributed by atoms with Crippen LogP contribution in [0.3, 0.4) is 0 Å². The van der Waals surface area contributed by atoms with Gasteiger partial charge in [0.15, 0.2) is 9.84 Å². The van der Waals surface area contributed by atoms with Crippen LogP contribution >= 0.6 is 0 Å². The Morgan fingerprint density at radius 2 is 1.88 bits per heavy atom. The molecule has 96 valence electrons. The molecule has 0 radical (unpaired) electrons. The molecule has 0 saturated heterocycles. The van der Waals surface area contributed by atoms with Gasteiger partial charge in [-0.3, -0.25) is 4.79 Å². The van der Waals surface area contributed by atoms with Crippen LogP contribution in [-0.4, -0.2) is 33.0 Å². The van der Waals surface area contributed by atoms with Crippen LogP contribution in [0.4, 0.5) is 0 Å². The minimum absolute atomic E-state index is 0.105. The maximum Gasteiger partial charge on any atom is 0.309 e. The zero-order chi connectivity index (χ0) is 12.6. The van der Waals surface area contributed by atoms with Gasteiger partial charge < -0.3 is 4.74 Å². The summed E-state index contributed by atoms with van der Waals surface area (Å²) in [4.78, 5) is 11.1. The third kappa shape index (κ3) is 6.82. The van der Waals surface area contributed by atoms with Crippen LogP contribution in [0.2, 0.25) is 0 Å². The molecule has 0 bridgehead atoms. The second kappa shape index (κ2) is 7.65. The maximum atomic E-state index is 11.6. The summed E-state index contributed by atoms with van der Waals surface area (Å²) in [5.74, 6) is -0.960. The van der Waals surface area contributed by atoms with Gasteiger partial charge in [-0.25, -0.2) is 8.42 Å². The van der Waals surface area contributed by atoms with Crippen LogP contribution in [0, 0.1) is 5.92 Å². The first-order valence-corrected chi connectivity index (χ1v) is 7.53. The van der Waals surface area contributed by atoms with Crippen molar-refractivity contribution >= 4 is 15.8 Å². The lowest BCUT2D eigenvalue weighted by Crippen LogP contribution is -2.24. The first-order chi connectivity index (χ1) is 7.43. The third-order valence-corrected chi connectivity index (χ3v) is 4.33. The van der Waals surface area contributed by atoms with Gasteiger partial charge in [0.05, 0.1) is 24.5 Å². The molecule has 0 aromatic heterocycles. The summed E-state index contributed by atoms with van der Waals surface area (Å²) in [5, 5.41) is 0. The largest absolute Gasteiger partial charge is 0.469 e. The number of carbonyl (C=O) groups excluding carboxylic acids is 1. The summed E-state index contributed by atoms with van der Waals surface area (Å²) in [5.41, 5.74) is 0. The molecule has 1 unspecified atom stereocenters. The van der Waals surface area contributed by atoms with Gasteiger partial charge in [-0.1, -0.05) is 33.1 Å². The predicted octanol–water partition coefficient (Wildman–Crippen LogP) is 1.79. The van der Waals surface area contributed by atoms with Gasteiger partial charge in [0, 0.05) is 0 Å². The number of carbonyl (C=O) groups is 1. The van der Waals surface area contributed by atoms with E-state index in [-0.39, 0.29) is 11.5 Å². The lowest BCUT2D eigenvalue weighted by atomic mass is 10.2. The molecule has 0 aromatic rings. The first-order valence-electron chi connectivity index (χ1n) is 5.71. The molecule has 0 aliphatic heterocycles. The Bertz CT molecular complexity index is 295. The summed E-state index contributed by atoms with van der Waals surface area (Å²) >= 11 is 0. The zero-order valence-electron chi connectivity index (χ0n) is 10.4. The highest BCUT2D eigenvalue weighted by molar-refractivity contribution is 7.91. The Morgan fingerprint density at radius 1 is 1.25 bits per heavy atom. The van der Waals surface area contributed by atoms with Gasteiger partial charge in [0.1, 0.15) is 0 Å². The van der Waals surface area contributed by atoms with Gasteiger partial charge in [0.25, 0.3) is 0 Å². The smallest absolute Gasteiger partial charge is 0.309 e. The Kier molecular flexibility index (Phi) is 7.38. The fraction of sp³-hybridized carbons (Fsp3) is 0.909. The molecule has 4 nitrogen and oxygen atoms in total. The van der Waals surface area contributed by atoms with Crippen molar-refractivity contribution in [2.75, 3.05) is 18.6 Å². The van der Waals surface area contributed by atoms with Crippen LogP contribution in [0.25, 0.3) is 0 Å². The van der Waals surface area contributed by atoms with Gasteiger partial charge in [-0.2, -0.15) is 0 Å². The van der Waals surface area contributed by atoms with E-state index in [1.54, 1.807) is 6.92 Å². The molecule has 0 spiro atoms. The van der Waals surface area contributed by atoms with Gasteiger partial charge in [0.2, 0.25) is 0 Å². The number of ether oxygens (including phenoxy) is 1. The molecular formula is C11H22O4S. The number of sulfone groups is 1. The van der Waals surface area contributed by atoms with Crippen molar-refractivity contribution in [2.24, 2.45) is 5.92 Å². The van der Waals surface area contributed by atoms with Crippen LogP contribution in [0.5, 0.6) is 0 Å². The van der Waals surface area contributed by atoms with Crippen molar-refractivity contribution in [2.45, 2.75) is 39.5 Å². The summed E-state index contributed by atoms with van der Waals surface area (Å²) in [6.07, 6.45) is 3.76. The summed E-state index contributed by atoms with van der Waals surface area (Å²) in [6, 6.07) is 0. The number of hydrogen-bond acceptors (Lipinski definition) is 4. The highest BCUT2D eigenvalue weighted by atomic mass is 32.2. The fourth-order valence-corrected chi connectivity index (χ4v) is 3.19. The molecule has 5 heteroatoms. The van der Waals surface area contributed by atoms with E-state index in [1.165, 1.54) is 7.11 Å². The molecule has 0 saturated carbocycles. The second-order valence-corrected chi connectivity index (χ2v) is 6.33. The Morgan fingerprint density at radius 3 is 2.38 bits per heavy atom. The van der Waals surface area contributed by atoms with E-state index in [9.17, 15) is 13.2 Å². The van der Waals surface area contributed by atoms with Crippen molar-refractivity contribution in [1.29, 1.82) is 0 Å². The van der Waals surface area contributed by atoms with Gasteiger partial charge in [-0.15, -0.1) is 0 Å². The monoisotopic (exact) mass is 250 g/mol. The molecular weight excluding hydrogens is 228 g/mol. The van der Waals surface area contributed by atoms with E-state index in [0.29, 0.717) is 6.42 Å². The molecule has 0 rings (SSSR count). The third-order valence-electron chi connectivity index (χ3n) is 2.42. The fourth-order valence-electron chi connectivity index (χ4n) is 1.48.